The molecule has 1 nitrogen and oxygen atoms in total. The van der Waals surface area contributed by atoms with Crippen molar-refractivity contribution in [1.82, 2.24) is 0 Å². The minimum Gasteiger partial charge on any atom is -0.295 e. The Hall–Kier alpha value is -1.18. The van der Waals surface area contributed by atoms with Crippen LogP contribution in [0.25, 0.3) is 0 Å². The molecule has 0 aliphatic rings. The first-order chi connectivity index (χ1) is 5.52. The second-order valence-corrected chi connectivity index (χ2v) is 1.89. The van der Waals surface area contributed by atoms with Crippen LogP contribution in [0.5, 0.6) is 0 Å². The van der Waals surface area contributed by atoms with Crippen LogP contribution in [-0.4, -0.2) is 5.78 Å². The van der Waals surface area contributed by atoms with Crippen molar-refractivity contribution in [3.8, 4) is 0 Å². The maximum Gasteiger partial charge on any atom is 0.159 e. The molecule has 2 heteroatoms. The summed E-state index contributed by atoms with van der Waals surface area (Å²) in [4.78, 5) is 10.8. The number of carbonyl (C=O) groups excluding carboxylic acids is 1. The molecule has 52 valence electrons. The molecule has 0 atom stereocenters. The lowest BCUT2D eigenvalue weighted by Crippen LogP contribution is -1.90. The van der Waals surface area contributed by atoms with Crippen LogP contribution in [0.4, 0.5) is 4.39 Å². The van der Waals surface area contributed by atoms with Crippen LogP contribution in [0.1, 0.15) is 20.0 Å². The second kappa shape index (κ2) is 2.60. The molecule has 0 bridgehead atoms. The standard InChI is InChI=1S/C8H7FO/c1-6(10)7-2-4-8(9)5-3-7/h2-5H,1H3/i2D,3D. The van der Waals surface area contributed by atoms with Crippen molar-refractivity contribution in [3.05, 3.63) is 35.6 Å². The molecule has 1 rings (SSSR count). The van der Waals surface area contributed by atoms with E-state index < -0.39 is 5.82 Å². The van der Waals surface area contributed by atoms with Crippen molar-refractivity contribution < 1.29 is 11.9 Å². The Morgan fingerprint density at radius 3 is 2.50 bits per heavy atom. The summed E-state index contributed by atoms with van der Waals surface area (Å²) in [6, 6.07) is 1.39. The van der Waals surface area contributed by atoms with Crippen molar-refractivity contribution >= 4 is 5.78 Å². The molecule has 1 aromatic carbocycles. The van der Waals surface area contributed by atoms with E-state index in [9.17, 15) is 9.18 Å². The molecule has 1 aromatic rings. The maximum atomic E-state index is 12.5. The zero-order valence-corrected chi connectivity index (χ0v) is 5.44. The van der Waals surface area contributed by atoms with Crippen molar-refractivity contribution in [2.24, 2.45) is 0 Å². The lowest BCUT2D eigenvalue weighted by Gasteiger charge is -1.91. The van der Waals surface area contributed by atoms with Crippen molar-refractivity contribution in [2.75, 3.05) is 0 Å². The molecule has 0 aliphatic carbocycles. The number of hydrogen-bond donors (Lipinski definition) is 0. The largest absolute Gasteiger partial charge is 0.295 e. The average molecular weight is 140 g/mol. The lowest BCUT2D eigenvalue weighted by atomic mass is 10.1. The van der Waals surface area contributed by atoms with E-state index in [1.807, 2.05) is 0 Å². The summed E-state index contributed by atoms with van der Waals surface area (Å²) in [5, 5.41) is 0. The molecular formula is C8H7FO. The average Bonchev–Trinajstić information content (AvgIpc) is 1.82. The van der Waals surface area contributed by atoms with E-state index in [1.54, 1.807) is 0 Å². The lowest BCUT2D eigenvalue weighted by molar-refractivity contribution is 0.101. The van der Waals surface area contributed by atoms with E-state index in [0.29, 0.717) is 0 Å². The highest BCUT2D eigenvalue weighted by atomic mass is 19.1. The number of hydrogen-bond acceptors (Lipinski definition) is 1. The van der Waals surface area contributed by atoms with E-state index in [-0.39, 0.29) is 23.4 Å². The van der Waals surface area contributed by atoms with Crippen LogP contribution < -0.4 is 0 Å². The first-order valence-corrected chi connectivity index (χ1v) is 2.80. The summed E-state index contributed by atoms with van der Waals surface area (Å²) in [6.07, 6.45) is 0. The summed E-state index contributed by atoms with van der Waals surface area (Å²) >= 11 is 0. The smallest absolute Gasteiger partial charge is 0.159 e. The third kappa shape index (κ3) is 1.41. The topological polar surface area (TPSA) is 17.1 Å². The molecule has 0 fully saturated rings. The summed E-state index contributed by atoms with van der Waals surface area (Å²) in [6.45, 7) is 1.25. The van der Waals surface area contributed by atoms with Crippen LogP contribution in [0, 0.1) is 5.82 Å². The molecule has 0 unspecified atom stereocenters. The van der Waals surface area contributed by atoms with Gasteiger partial charge in [-0.1, -0.05) is 0 Å². The van der Waals surface area contributed by atoms with Crippen molar-refractivity contribution in [3.63, 3.8) is 0 Å². The Balaban J connectivity index is 3.38. The Kier molecular flexibility index (Phi) is 1.20. The first-order valence-electron chi connectivity index (χ1n) is 3.80. The summed E-state index contributed by atoms with van der Waals surface area (Å²) < 4.78 is 26.9. The molecule has 0 spiro atoms. The van der Waals surface area contributed by atoms with E-state index in [4.69, 9.17) is 2.74 Å². The Labute approximate surface area is 61.3 Å². The van der Waals surface area contributed by atoms with Gasteiger partial charge in [0.15, 0.2) is 5.78 Å². The van der Waals surface area contributed by atoms with E-state index in [0.717, 1.165) is 12.1 Å². The zero-order chi connectivity index (χ0) is 9.30. The minimum absolute atomic E-state index is 0.0311. The molecular weight excluding hydrogens is 131 g/mol. The van der Waals surface area contributed by atoms with Crippen molar-refractivity contribution in [2.45, 2.75) is 6.92 Å². The predicted octanol–water partition coefficient (Wildman–Crippen LogP) is 2.03. The van der Waals surface area contributed by atoms with E-state index in [1.165, 1.54) is 6.92 Å². The maximum absolute atomic E-state index is 12.5. The number of carbonyl (C=O) groups is 1. The highest BCUT2D eigenvalue weighted by Crippen LogP contribution is 2.02. The van der Waals surface area contributed by atoms with Gasteiger partial charge < -0.3 is 0 Å². The zero-order valence-electron chi connectivity index (χ0n) is 7.44. The molecule has 0 saturated carbocycles. The SMILES string of the molecule is [2H]c1cc(F)cc([2H])c1C(C)=O. The molecule has 0 N–H and O–H groups in total. The quantitative estimate of drug-likeness (QED) is 0.545. The molecule has 0 aromatic heterocycles. The third-order valence-corrected chi connectivity index (χ3v) is 1.06. The van der Waals surface area contributed by atoms with Gasteiger partial charge in [-0.25, -0.2) is 4.39 Å². The fourth-order valence-corrected chi connectivity index (χ4v) is 0.569. The van der Waals surface area contributed by atoms with Gasteiger partial charge in [-0.2, -0.15) is 0 Å². The predicted molar refractivity (Wildman–Crippen MR) is 36.4 cm³/mol. The minimum atomic E-state index is -0.657. The van der Waals surface area contributed by atoms with Crippen LogP contribution >= 0.6 is 0 Å². The van der Waals surface area contributed by atoms with Gasteiger partial charge in [0.1, 0.15) is 5.82 Å². The van der Waals surface area contributed by atoms with Crippen LogP contribution in [-0.2, 0) is 0 Å². The fraction of sp³-hybridized carbons (Fsp3) is 0.125. The monoisotopic (exact) mass is 140 g/mol. The molecule has 0 amide bonds. The van der Waals surface area contributed by atoms with Crippen molar-refractivity contribution in [1.29, 1.82) is 0 Å². The number of Topliss-reactive ketones (excluding diaryl/α,β-unsaturated/α-hetero) is 1. The number of ketones is 1. The first kappa shape index (κ1) is 4.61. The van der Waals surface area contributed by atoms with Crippen LogP contribution in [0.2, 0.25) is 0 Å². The van der Waals surface area contributed by atoms with Gasteiger partial charge >= 0.3 is 0 Å². The van der Waals surface area contributed by atoms with Crippen LogP contribution in [0.3, 0.4) is 0 Å². The molecule has 10 heavy (non-hydrogen) atoms. The number of benzene rings is 1. The van der Waals surface area contributed by atoms with Gasteiger partial charge in [-0.3, -0.25) is 4.79 Å². The van der Waals surface area contributed by atoms with Gasteiger partial charge in [0.25, 0.3) is 0 Å². The summed E-state index contributed by atoms with van der Waals surface area (Å²) in [5.41, 5.74) is -0.0311. The second-order valence-electron chi connectivity index (χ2n) is 1.89. The normalized spacial score (nSPS) is 12.2. The van der Waals surface area contributed by atoms with Gasteiger partial charge in [0.05, 0.1) is 2.74 Å². The highest BCUT2D eigenvalue weighted by molar-refractivity contribution is 5.93. The van der Waals surface area contributed by atoms with Gasteiger partial charge in [-0.05, 0) is 31.1 Å². The number of halogens is 1. The Morgan fingerprint density at radius 1 is 1.60 bits per heavy atom. The highest BCUT2D eigenvalue weighted by Gasteiger charge is 1.96. The van der Waals surface area contributed by atoms with Gasteiger partial charge in [-0.15, -0.1) is 0 Å². The van der Waals surface area contributed by atoms with E-state index in [2.05, 4.69) is 0 Å². The molecule has 0 radical (unpaired) electrons. The third-order valence-electron chi connectivity index (χ3n) is 1.06. The Bertz CT molecular complexity index is 313. The fourth-order valence-electron chi connectivity index (χ4n) is 0.569. The van der Waals surface area contributed by atoms with Gasteiger partial charge in [0.2, 0.25) is 0 Å². The molecule has 0 aliphatic heterocycles. The Morgan fingerprint density at radius 2 is 2.10 bits per heavy atom. The van der Waals surface area contributed by atoms with E-state index >= 15 is 0 Å². The summed E-state index contributed by atoms with van der Waals surface area (Å²) in [5.74, 6) is -1.04. The van der Waals surface area contributed by atoms with Gasteiger partial charge in [0, 0.05) is 5.56 Å². The van der Waals surface area contributed by atoms with Crippen LogP contribution in [0.15, 0.2) is 24.2 Å². The summed E-state index contributed by atoms with van der Waals surface area (Å²) in [7, 11) is 0. The molecule has 0 saturated heterocycles. The number of rotatable bonds is 1. The molecule has 0 heterocycles.